The SMILES string of the molecule is CC(C)(C)c1cc(I)cc(B2OC(C)(C)C(C)(C)O2)c1. The van der Waals surface area contributed by atoms with Crippen LogP contribution in [0.25, 0.3) is 0 Å². The molecule has 1 fully saturated rings. The Labute approximate surface area is 136 Å². The summed E-state index contributed by atoms with van der Waals surface area (Å²) >= 11 is 2.36. The summed E-state index contributed by atoms with van der Waals surface area (Å²) < 4.78 is 13.5. The summed E-state index contributed by atoms with van der Waals surface area (Å²) in [4.78, 5) is 0. The molecule has 1 heterocycles. The van der Waals surface area contributed by atoms with E-state index in [0.29, 0.717) is 0 Å². The van der Waals surface area contributed by atoms with Crippen LogP contribution in [-0.2, 0) is 14.7 Å². The lowest BCUT2D eigenvalue weighted by Gasteiger charge is -2.32. The zero-order chi connectivity index (χ0) is 15.3. The Morgan fingerprint density at radius 2 is 1.45 bits per heavy atom. The highest BCUT2D eigenvalue weighted by atomic mass is 127. The first-order chi connectivity index (χ1) is 8.92. The van der Waals surface area contributed by atoms with Crippen molar-refractivity contribution < 1.29 is 9.31 Å². The van der Waals surface area contributed by atoms with E-state index in [1.807, 2.05) is 0 Å². The summed E-state index contributed by atoms with van der Waals surface area (Å²) in [5.74, 6) is 0. The molecule has 0 N–H and O–H groups in total. The van der Waals surface area contributed by atoms with E-state index in [1.54, 1.807) is 0 Å². The molecule has 1 aromatic carbocycles. The smallest absolute Gasteiger partial charge is 0.399 e. The molecule has 4 heteroatoms. The first-order valence-electron chi connectivity index (χ1n) is 7.09. The van der Waals surface area contributed by atoms with Crippen LogP contribution in [0.1, 0.15) is 54.0 Å². The Bertz CT molecular complexity index is 502. The van der Waals surface area contributed by atoms with Crippen LogP contribution in [0.2, 0.25) is 0 Å². The molecule has 0 spiro atoms. The second kappa shape index (κ2) is 4.99. The Balaban J connectivity index is 2.38. The third-order valence-electron chi connectivity index (χ3n) is 4.31. The summed E-state index contributed by atoms with van der Waals surface area (Å²) in [6.45, 7) is 15.0. The molecule has 0 radical (unpaired) electrons. The number of hydrogen-bond donors (Lipinski definition) is 0. The minimum Gasteiger partial charge on any atom is -0.399 e. The van der Waals surface area contributed by atoms with Crippen molar-refractivity contribution in [1.29, 1.82) is 0 Å². The summed E-state index contributed by atoms with van der Waals surface area (Å²) in [5, 5.41) is 0. The van der Waals surface area contributed by atoms with E-state index in [2.05, 4.69) is 89.3 Å². The van der Waals surface area contributed by atoms with Gasteiger partial charge in [-0.1, -0.05) is 26.8 Å². The van der Waals surface area contributed by atoms with Crippen molar-refractivity contribution >= 4 is 35.2 Å². The Morgan fingerprint density at radius 1 is 0.950 bits per heavy atom. The van der Waals surface area contributed by atoms with Gasteiger partial charge in [-0.05, 0) is 78.9 Å². The van der Waals surface area contributed by atoms with Crippen molar-refractivity contribution in [3.8, 4) is 0 Å². The molecule has 2 nitrogen and oxygen atoms in total. The normalized spacial score (nSPS) is 21.3. The average Bonchev–Trinajstić information content (AvgIpc) is 2.46. The third-order valence-corrected chi connectivity index (χ3v) is 4.93. The van der Waals surface area contributed by atoms with Crippen molar-refractivity contribution in [2.45, 2.75) is 65.1 Å². The van der Waals surface area contributed by atoms with Gasteiger partial charge in [0.15, 0.2) is 0 Å². The molecule has 0 unspecified atom stereocenters. The fourth-order valence-corrected chi connectivity index (χ4v) is 2.86. The van der Waals surface area contributed by atoms with Crippen LogP contribution in [0, 0.1) is 3.57 Å². The maximum atomic E-state index is 6.15. The highest BCUT2D eigenvalue weighted by Crippen LogP contribution is 2.36. The van der Waals surface area contributed by atoms with Gasteiger partial charge in [-0.2, -0.15) is 0 Å². The van der Waals surface area contributed by atoms with E-state index < -0.39 is 0 Å². The van der Waals surface area contributed by atoms with Crippen LogP contribution in [0.5, 0.6) is 0 Å². The fraction of sp³-hybridized carbons (Fsp3) is 0.625. The Hall–Kier alpha value is -0.0651. The van der Waals surface area contributed by atoms with E-state index in [9.17, 15) is 0 Å². The molecule has 2 rings (SSSR count). The zero-order valence-electron chi connectivity index (χ0n) is 13.5. The topological polar surface area (TPSA) is 18.5 Å². The molecule has 0 bridgehead atoms. The van der Waals surface area contributed by atoms with Crippen molar-refractivity contribution in [2.24, 2.45) is 0 Å². The summed E-state index contributed by atoms with van der Waals surface area (Å²) in [5.41, 5.74) is 1.97. The van der Waals surface area contributed by atoms with Crippen molar-refractivity contribution in [1.82, 2.24) is 0 Å². The Kier molecular flexibility index (Phi) is 4.07. The molecule has 0 atom stereocenters. The molecule has 1 aromatic rings. The molecule has 0 saturated carbocycles. The van der Waals surface area contributed by atoms with Gasteiger partial charge in [-0.3, -0.25) is 0 Å². The van der Waals surface area contributed by atoms with Gasteiger partial charge in [-0.15, -0.1) is 0 Å². The molecular formula is C16H24BIO2. The Morgan fingerprint density at radius 3 is 1.90 bits per heavy atom. The molecule has 0 aromatic heterocycles. The molecular weight excluding hydrogens is 362 g/mol. The predicted molar refractivity (Wildman–Crippen MR) is 93.6 cm³/mol. The monoisotopic (exact) mass is 386 g/mol. The minimum absolute atomic E-state index is 0.125. The van der Waals surface area contributed by atoms with Crippen LogP contribution < -0.4 is 5.46 Å². The molecule has 0 aliphatic carbocycles. The van der Waals surface area contributed by atoms with Gasteiger partial charge in [0.2, 0.25) is 0 Å². The molecule has 1 aliphatic rings. The van der Waals surface area contributed by atoms with Crippen LogP contribution >= 0.6 is 22.6 Å². The van der Waals surface area contributed by atoms with Crippen molar-refractivity contribution in [3.05, 3.63) is 27.3 Å². The van der Waals surface area contributed by atoms with Crippen LogP contribution in [0.4, 0.5) is 0 Å². The first kappa shape index (κ1) is 16.3. The molecule has 1 aliphatic heterocycles. The standard InChI is InChI=1S/C16H24BIO2/c1-14(2,3)11-8-12(10-13(18)9-11)17-19-15(4,5)16(6,7)20-17/h8-10H,1-7H3. The highest BCUT2D eigenvalue weighted by Gasteiger charge is 2.51. The maximum Gasteiger partial charge on any atom is 0.494 e. The molecule has 1 saturated heterocycles. The van der Waals surface area contributed by atoms with Crippen LogP contribution in [0.15, 0.2) is 18.2 Å². The number of rotatable bonds is 1. The summed E-state index contributed by atoms with van der Waals surface area (Å²) in [6, 6.07) is 6.59. The van der Waals surface area contributed by atoms with Gasteiger partial charge in [-0.25, -0.2) is 0 Å². The van der Waals surface area contributed by atoms with E-state index in [1.165, 1.54) is 9.13 Å². The highest BCUT2D eigenvalue weighted by molar-refractivity contribution is 14.1. The number of halogens is 1. The second-order valence-electron chi connectivity index (χ2n) is 7.61. The van der Waals surface area contributed by atoms with Gasteiger partial charge in [0.25, 0.3) is 0 Å². The van der Waals surface area contributed by atoms with E-state index >= 15 is 0 Å². The van der Waals surface area contributed by atoms with Crippen molar-refractivity contribution in [2.75, 3.05) is 0 Å². The first-order valence-corrected chi connectivity index (χ1v) is 8.17. The number of benzene rings is 1. The lowest BCUT2D eigenvalue weighted by Crippen LogP contribution is -2.41. The largest absolute Gasteiger partial charge is 0.494 e. The zero-order valence-corrected chi connectivity index (χ0v) is 15.7. The van der Waals surface area contributed by atoms with E-state index in [4.69, 9.17) is 9.31 Å². The number of hydrogen-bond acceptors (Lipinski definition) is 2. The summed E-state index contributed by atoms with van der Waals surface area (Å²) in [6.07, 6.45) is 0. The lowest BCUT2D eigenvalue weighted by atomic mass is 9.75. The third kappa shape index (κ3) is 3.07. The summed E-state index contributed by atoms with van der Waals surface area (Å²) in [7, 11) is -0.282. The van der Waals surface area contributed by atoms with Gasteiger partial charge in [0, 0.05) is 3.57 Å². The lowest BCUT2D eigenvalue weighted by molar-refractivity contribution is 0.00578. The molecule has 20 heavy (non-hydrogen) atoms. The predicted octanol–water partition coefficient (Wildman–Crippen LogP) is 3.89. The van der Waals surface area contributed by atoms with Crippen LogP contribution in [0.3, 0.4) is 0 Å². The molecule has 110 valence electrons. The van der Waals surface area contributed by atoms with Crippen LogP contribution in [-0.4, -0.2) is 18.3 Å². The van der Waals surface area contributed by atoms with E-state index in [-0.39, 0.29) is 23.7 Å². The van der Waals surface area contributed by atoms with Gasteiger partial charge >= 0.3 is 7.12 Å². The van der Waals surface area contributed by atoms with Crippen molar-refractivity contribution in [3.63, 3.8) is 0 Å². The van der Waals surface area contributed by atoms with Gasteiger partial charge in [0.1, 0.15) is 0 Å². The van der Waals surface area contributed by atoms with Gasteiger partial charge < -0.3 is 9.31 Å². The molecule has 0 amide bonds. The fourth-order valence-electron chi connectivity index (χ4n) is 2.16. The maximum absolute atomic E-state index is 6.15. The average molecular weight is 386 g/mol. The minimum atomic E-state index is -0.291. The quantitative estimate of drug-likeness (QED) is 0.539. The van der Waals surface area contributed by atoms with Gasteiger partial charge in [0.05, 0.1) is 11.2 Å². The van der Waals surface area contributed by atoms with E-state index in [0.717, 1.165) is 5.46 Å². The second-order valence-corrected chi connectivity index (χ2v) is 8.86.